The molecule has 1 N–H and O–H groups in total. The molecule has 202 valence electrons. The predicted molar refractivity (Wildman–Crippen MR) is 133 cm³/mol. The van der Waals surface area contributed by atoms with E-state index in [0.717, 1.165) is 17.6 Å². The Morgan fingerprint density at radius 3 is 2.19 bits per heavy atom. The summed E-state index contributed by atoms with van der Waals surface area (Å²) in [4.78, 5) is 1.80. The van der Waals surface area contributed by atoms with E-state index in [1.54, 1.807) is 30.2 Å². The van der Waals surface area contributed by atoms with Gasteiger partial charge in [0.2, 0.25) is 10.0 Å². The van der Waals surface area contributed by atoms with E-state index >= 15 is 0 Å². The lowest BCUT2D eigenvalue weighted by Gasteiger charge is -2.44. The average molecular weight is 570 g/mol. The van der Waals surface area contributed by atoms with Crippen LogP contribution in [0.5, 0.6) is 0 Å². The van der Waals surface area contributed by atoms with Gasteiger partial charge in [0.15, 0.2) is 5.60 Å². The van der Waals surface area contributed by atoms with Crippen molar-refractivity contribution in [1.82, 2.24) is 8.61 Å². The van der Waals surface area contributed by atoms with Gasteiger partial charge in [-0.2, -0.15) is 21.8 Å². The Morgan fingerprint density at radius 2 is 1.72 bits per heavy atom. The first-order chi connectivity index (χ1) is 16.5. The molecule has 1 aromatic carbocycles. The third kappa shape index (κ3) is 5.89. The number of hydrogen-bond acceptors (Lipinski definition) is 7. The molecule has 14 heteroatoms. The normalized spacial score (nSPS) is 20.2. The van der Waals surface area contributed by atoms with Crippen LogP contribution < -0.4 is 4.90 Å². The van der Waals surface area contributed by atoms with Gasteiger partial charge in [0.25, 0.3) is 10.0 Å². The minimum Gasteiger partial charge on any atom is -0.376 e. The molecule has 2 atom stereocenters. The predicted octanol–water partition coefficient (Wildman–Crippen LogP) is 3.07. The minimum atomic E-state index is -4.87. The Balaban J connectivity index is 1.96. The lowest BCUT2D eigenvalue weighted by Crippen LogP contribution is -2.59. The molecule has 1 unspecified atom stereocenters. The van der Waals surface area contributed by atoms with E-state index in [4.69, 9.17) is 0 Å². The molecule has 8 nitrogen and oxygen atoms in total. The van der Waals surface area contributed by atoms with Gasteiger partial charge < -0.3 is 10.0 Å². The maximum absolute atomic E-state index is 13.3. The molecule has 0 aliphatic carbocycles. The van der Waals surface area contributed by atoms with Crippen molar-refractivity contribution in [3.05, 3.63) is 47.3 Å². The summed E-state index contributed by atoms with van der Waals surface area (Å²) in [7, 11) is -7.42. The Labute approximate surface area is 214 Å². The number of benzene rings is 1. The Morgan fingerprint density at radius 1 is 1.11 bits per heavy atom. The van der Waals surface area contributed by atoms with Crippen molar-refractivity contribution in [2.45, 2.75) is 48.8 Å². The fraction of sp³-hybridized carbons (Fsp3) is 0.545. The molecule has 36 heavy (non-hydrogen) atoms. The largest absolute Gasteiger partial charge is 0.421 e. The van der Waals surface area contributed by atoms with Crippen LogP contribution in [0.15, 0.2) is 46.0 Å². The van der Waals surface area contributed by atoms with E-state index in [0.29, 0.717) is 12.6 Å². The average Bonchev–Trinajstić information content (AvgIpc) is 3.31. The maximum Gasteiger partial charge on any atom is 0.421 e. The molecule has 0 amide bonds. The summed E-state index contributed by atoms with van der Waals surface area (Å²) in [5.74, 6) is 0. The maximum atomic E-state index is 13.3. The molecule has 2 aromatic rings. The van der Waals surface area contributed by atoms with E-state index in [9.17, 15) is 35.1 Å². The van der Waals surface area contributed by atoms with E-state index in [2.05, 4.69) is 0 Å². The van der Waals surface area contributed by atoms with E-state index < -0.39 is 43.9 Å². The summed E-state index contributed by atoms with van der Waals surface area (Å²) in [5.41, 5.74) is -2.88. The molecule has 0 saturated carbocycles. The van der Waals surface area contributed by atoms with Crippen molar-refractivity contribution < 1.29 is 35.1 Å². The van der Waals surface area contributed by atoms with Crippen LogP contribution in [0.4, 0.5) is 18.9 Å². The van der Waals surface area contributed by atoms with Gasteiger partial charge in [0.05, 0.1) is 12.3 Å². The smallest absolute Gasteiger partial charge is 0.376 e. The number of nitrogens with zero attached hydrogens (tertiary/aromatic N) is 3. The number of sulfonamides is 2. The first kappa shape index (κ1) is 28.9. The van der Waals surface area contributed by atoms with Crippen molar-refractivity contribution in [2.24, 2.45) is 0 Å². The Bertz CT molecular complexity index is 1250. The van der Waals surface area contributed by atoms with Crippen LogP contribution in [-0.4, -0.2) is 81.2 Å². The molecule has 1 fully saturated rings. The van der Waals surface area contributed by atoms with Crippen molar-refractivity contribution in [1.29, 1.82) is 0 Å². The van der Waals surface area contributed by atoms with Gasteiger partial charge in [-0.15, -0.1) is 11.3 Å². The molecule has 0 bridgehead atoms. The van der Waals surface area contributed by atoms with Crippen LogP contribution in [0.3, 0.4) is 0 Å². The van der Waals surface area contributed by atoms with E-state index in [-0.39, 0.29) is 36.0 Å². The van der Waals surface area contributed by atoms with Crippen molar-refractivity contribution in [3.8, 4) is 0 Å². The van der Waals surface area contributed by atoms with Gasteiger partial charge in [-0.25, -0.2) is 16.8 Å². The molecule has 1 aromatic heterocycles. The zero-order valence-electron chi connectivity index (χ0n) is 20.3. The number of halogens is 3. The van der Waals surface area contributed by atoms with Crippen molar-refractivity contribution in [2.75, 3.05) is 37.3 Å². The zero-order chi connectivity index (χ0) is 27.1. The van der Waals surface area contributed by atoms with Gasteiger partial charge in [0, 0.05) is 37.9 Å². The molecule has 1 aliphatic heterocycles. The first-order valence-electron chi connectivity index (χ1n) is 11.1. The van der Waals surface area contributed by atoms with Crippen LogP contribution in [-0.2, 0) is 25.6 Å². The Hall–Kier alpha value is -1.71. The molecule has 3 rings (SSSR count). The third-order valence-electron chi connectivity index (χ3n) is 6.24. The number of alkyl halides is 3. The summed E-state index contributed by atoms with van der Waals surface area (Å²) in [5, 5.41) is 11.6. The van der Waals surface area contributed by atoms with Gasteiger partial charge >= 0.3 is 6.18 Å². The third-order valence-corrected chi connectivity index (χ3v) is 10.9. The van der Waals surface area contributed by atoms with Gasteiger partial charge in [-0.1, -0.05) is 18.2 Å². The topological polar surface area (TPSA) is 98.2 Å². The second-order valence-corrected chi connectivity index (χ2v) is 14.2. The van der Waals surface area contributed by atoms with Crippen LogP contribution in [0.2, 0.25) is 0 Å². The summed E-state index contributed by atoms with van der Waals surface area (Å²) in [6.07, 6.45) is -3.79. The first-order valence-corrected chi connectivity index (χ1v) is 15.3. The van der Waals surface area contributed by atoms with E-state index in [1.165, 1.54) is 38.9 Å². The number of anilines is 1. The van der Waals surface area contributed by atoms with Crippen molar-refractivity contribution in [3.63, 3.8) is 0 Å². The number of piperazine rings is 1. The summed E-state index contributed by atoms with van der Waals surface area (Å²) in [6.45, 7) is 4.37. The quantitative estimate of drug-likeness (QED) is 0.525. The summed E-state index contributed by atoms with van der Waals surface area (Å²) < 4.78 is 93.7. The fourth-order valence-electron chi connectivity index (χ4n) is 4.16. The molecule has 1 aliphatic rings. The van der Waals surface area contributed by atoms with Crippen LogP contribution in [0.25, 0.3) is 0 Å². The fourth-order valence-corrected chi connectivity index (χ4v) is 7.98. The highest BCUT2D eigenvalue weighted by Crippen LogP contribution is 2.39. The lowest BCUT2D eigenvalue weighted by molar-refractivity contribution is -0.258. The summed E-state index contributed by atoms with van der Waals surface area (Å²) in [6, 6.07) is 7.32. The van der Waals surface area contributed by atoms with Gasteiger partial charge in [-0.3, -0.25) is 0 Å². The number of hydrogen-bond donors (Lipinski definition) is 1. The molecule has 1 saturated heterocycles. The van der Waals surface area contributed by atoms with E-state index in [1.807, 2.05) is 0 Å². The van der Waals surface area contributed by atoms with Crippen molar-refractivity contribution >= 4 is 37.1 Å². The number of thiophene rings is 1. The summed E-state index contributed by atoms with van der Waals surface area (Å²) >= 11 is 1.09. The van der Waals surface area contributed by atoms with Crippen LogP contribution in [0, 0.1) is 0 Å². The zero-order valence-corrected chi connectivity index (χ0v) is 22.8. The minimum absolute atomic E-state index is 0.0129. The molecule has 0 spiro atoms. The number of rotatable bonds is 8. The second kappa shape index (κ2) is 10.2. The Kier molecular flexibility index (Phi) is 8.19. The van der Waals surface area contributed by atoms with Gasteiger partial charge in [0.1, 0.15) is 4.21 Å². The molecule has 0 radical (unpaired) electrons. The second-order valence-electron chi connectivity index (χ2n) is 9.19. The molecular formula is C22H30F3N3O5S3. The monoisotopic (exact) mass is 569 g/mol. The highest BCUT2D eigenvalue weighted by molar-refractivity contribution is 7.91. The SMILES string of the molecule is CC(C)N(C[C@H]1CN(S(=O)(=O)c2cccs2)CCN1c1ccc(C(C)(O)C(F)(F)F)cc1)S(C)(=O)=O. The molecule has 2 heterocycles. The molecular weight excluding hydrogens is 539 g/mol. The van der Waals surface area contributed by atoms with Crippen LogP contribution >= 0.6 is 11.3 Å². The standard InChI is InChI=1S/C22H30F3N3O5S3/c1-16(2)28(35(4,30)31)15-19-14-26(36(32,33)20-6-5-13-34-20)11-12-27(19)18-9-7-17(8-10-18)21(3,29)22(23,24)25/h5-10,13,16,19,29H,11-12,14-15H2,1-4H3/t19-,21?/m1/s1. The number of aliphatic hydroxyl groups is 1. The highest BCUT2D eigenvalue weighted by Gasteiger charge is 2.51. The highest BCUT2D eigenvalue weighted by atomic mass is 32.2. The lowest BCUT2D eigenvalue weighted by atomic mass is 9.95. The van der Waals surface area contributed by atoms with Gasteiger partial charge in [-0.05, 0) is 49.9 Å². The van der Waals surface area contributed by atoms with Crippen LogP contribution in [0.1, 0.15) is 26.3 Å².